The Balaban J connectivity index is 2.00. The van der Waals surface area contributed by atoms with Crippen molar-refractivity contribution in [1.29, 1.82) is 0 Å². The number of aromatic nitrogens is 3. The van der Waals surface area contributed by atoms with E-state index < -0.39 is 16.7 Å². The molecule has 0 N–H and O–H groups in total. The predicted molar refractivity (Wildman–Crippen MR) is 106 cm³/mol. The van der Waals surface area contributed by atoms with Gasteiger partial charge in [-0.3, -0.25) is 10.1 Å². The molecule has 0 unspecified atom stereocenters. The molecule has 0 amide bonds. The van der Waals surface area contributed by atoms with Gasteiger partial charge in [0.2, 0.25) is 0 Å². The lowest BCUT2D eigenvalue weighted by Gasteiger charge is -2.11. The van der Waals surface area contributed by atoms with Gasteiger partial charge in [0.25, 0.3) is 5.69 Å². The summed E-state index contributed by atoms with van der Waals surface area (Å²) in [5.41, 5.74) is -0.215. The summed E-state index contributed by atoms with van der Waals surface area (Å²) >= 11 is 4.57. The Bertz CT molecular complexity index is 1250. The van der Waals surface area contributed by atoms with Crippen LogP contribution in [0.2, 0.25) is 0 Å². The summed E-state index contributed by atoms with van der Waals surface area (Å²) in [7, 11) is 0. The fourth-order valence-corrected chi connectivity index (χ4v) is 4.33. The number of nitro benzene ring substituents is 1. The molecule has 0 spiro atoms. The van der Waals surface area contributed by atoms with E-state index in [2.05, 4.69) is 26.0 Å². The Hall–Kier alpha value is -2.79. The first-order chi connectivity index (χ1) is 13.6. The highest BCUT2D eigenvalue weighted by Crippen LogP contribution is 2.40. The SMILES string of the molecule is Cc1nn(-c2ccc([N+](=O)[O-])cc2)c2nc(-c3ccc(Br)s3)cc(C(F)(F)F)c12. The molecule has 4 aromatic rings. The molecule has 0 saturated carbocycles. The summed E-state index contributed by atoms with van der Waals surface area (Å²) in [6.45, 7) is 1.47. The monoisotopic (exact) mass is 482 g/mol. The van der Waals surface area contributed by atoms with Crippen LogP contribution in [0.4, 0.5) is 18.9 Å². The fourth-order valence-electron chi connectivity index (χ4n) is 2.99. The van der Waals surface area contributed by atoms with E-state index in [4.69, 9.17) is 0 Å². The van der Waals surface area contributed by atoms with Gasteiger partial charge in [-0.15, -0.1) is 11.3 Å². The number of aryl methyl sites for hydroxylation is 1. The van der Waals surface area contributed by atoms with Gasteiger partial charge in [-0.2, -0.15) is 18.3 Å². The number of alkyl halides is 3. The highest BCUT2D eigenvalue weighted by atomic mass is 79.9. The molecule has 148 valence electrons. The van der Waals surface area contributed by atoms with Crippen LogP contribution in [0.25, 0.3) is 27.3 Å². The minimum Gasteiger partial charge on any atom is -0.258 e. The zero-order valence-electron chi connectivity index (χ0n) is 14.6. The van der Waals surface area contributed by atoms with Crippen molar-refractivity contribution in [2.75, 3.05) is 0 Å². The molecule has 0 saturated heterocycles. The first-order valence-corrected chi connectivity index (χ1v) is 9.74. The van der Waals surface area contributed by atoms with E-state index in [1.54, 1.807) is 12.1 Å². The van der Waals surface area contributed by atoms with Crippen molar-refractivity contribution in [2.45, 2.75) is 13.1 Å². The van der Waals surface area contributed by atoms with Crippen molar-refractivity contribution in [2.24, 2.45) is 0 Å². The molecule has 0 fully saturated rings. The zero-order valence-corrected chi connectivity index (χ0v) is 17.0. The lowest BCUT2D eigenvalue weighted by molar-refractivity contribution is -0.384. The number of nitro groups is 1. The molecular weight excluding hydrogens is 473 g/mol. The smallest absolute Gasteiger partial charge is 0.258 e. The minimum atomic E-state index is -4.60. The fraction of sp³-hybridized carbons (Fsp3) is 0.111. The lowest BCUT2D eigenvalue weighted by atomic mass is 10.1. The molecule has 4 rings (SSSR count). The van der Waals surface area contributed by atoms with Crippen LogP contribution in [0.15, 0.2) is 46.3 Å². The lowest BCUT2D eigenvalue weighted by Crippen LogP contribution is -2.07. The molecule has 0 bridgehead atoms. The van der Waals surface area contributed by atoms with Crippen molar-refractivity contribution in [3.63, 3.8) is 0 Å². The maximum atomic E-state index is 13.8. The van der Waals surface area contributed by atoms with Gasteiger partial charge in [-0.25, -0.2) is 9.67 Å². The van der Waals surface area contributed by atoms with Gasteiger partial charge in [0.15, 0.2) is 5.65 Å². The summed E-state index contributed by atoms with van der Waals surface area (Å²) in [5.74, 6) is 0. The number of hydrogen-bond donors (Lipinski definition) is 0. The maximum absolute atomic E-state index is 13.8. The van der Waals surface area contributed by atoms with E-state index in [1.807, 2.05) is 0 Å². The molecule has 0 atom stereocenters. The second-order valence-electron chi connectivity index (χ2n) is 6.13. The van der Waals surface area contributed by atoms with E-state index in [9.17, 15) is 23.3 Å². The Morgan fingerprint density at radius 1 is 1.17 bits per heavy atom. The Morgan fingerprint density at radius 2 is 1.86 bits per heavy atom. The van der Waals surface area contributed by atoms with Crippen LogP contribution in [0.5, 0.6) is 0 Å². The van der Waals surface area contributed by atoms with Crippen LogP contribution in [0.3, 0.4) is 0 Å². The van der Waals surface area contributed by atoms with Crippen molar-refractivity contribution >= 4 is 44.0 Å². The van der Waals surface area contributed by atoms with E-state index in [0.717, 1.165) is 9.85 Å². The largest absolute Gasteiger partial charge is 0.417 e. The normalized spacial score (nSPS) is 11.9. The number of nitrogens with zero attached hydrogens (tertiary/aromatic N) is 4. The Kier molecular flexibility index (Phi) is 4.66. The van der Waals surface area contributed by atoms with E-state index in [-0.39, 0.29) is 28.1 Å². The number of pyridine rings is 1. The molecule has 11 heteroatoms. The third kappa shape index (κ3) is 3.51. The summed E-state index contributed by atoms with van der Waals surface area (Å²) in [4.78, 5) is 15.3. The van der Waals surface area contributed by atoms with Gasteiger partial charge in [0.1, 0.15) is 0 Å². The summed E-state index contributed by atoms with van der Waals surface area (Å²) < 4.78 is 43.5. The minimum absolute atomic E-state index is 0.0331. The third-order valence-corrected chi connectivity index (χ3v) is 5.90. The molecule has 3 heterocycles. The van der Waals surface area contributed by atoms with Crippen molar-refractivity contribution < 1.29 is 18.1 Å². The average molecular weight is 483 g/mol. The quantitative estimate of drug-likeness (QED) is 0.259. The van der Waals surface area contributed by atoms with Crippen LogP contribution in [-0.4, -0.2) is 19.7 Å². The maximum Gasteiger partial charge on any atom is 0.417 e. The second kappa shape index (κ2) is 6.92. The third-order valence-electron chi connectivity index (χ3n) is 4.25. The predicted octanol–water partition coefficient (Wildman–Crippen LogP) is 6.15. The second-order valence-corrected chi connectivity index (χ2v) is 8.59. The van der Waals surface area contributed by atoms with Crippen LogP contribution in [0, 0.1) is 17.0 Å². The summed E-state index contributed by atoms with van der Waals surface area (Å²) in [6, 6.07) is 9.82. The Labute approximate surface area is 173 Å². The number of halogens is 4. The van der Waals surface area contributed by atoms with E-state index >= 15 is 0 Å². The van der Waals surface area contributed by atoms with Gasteiger partial charge in [-0.05, 0) is 53.2 Å². The average Bonchev–Trinajstić information content (AvgIpc) is 3.24. The first kappa shape index (κ1) is 19.5. The van der Waals surface area contributed by atoms with Crippen LogP contribution >= 0.6 is 27.3 Å². The molecule has 0 radical (unpaired) electrons. The number of hydrogen-bond acceptors (Lipinski definition) is 5. The molecule has 29 heavy (non-hydrogen) atoms. The van der Waals surface area contributed by atoms with Crippen molar-refractivity contribution in [1.82, 2.24) is 14.8 Å². The van der Waals surface area contributed by atoms with Crippen molar-refractivity contribution in [3.05, 3.63) is 67.6 Å². The van der Waals surface area contributed by atoms with Gasteiger partial charge >= 0.3 is 6.18 Å². The zero-order chi connectivity index (χ0) is 20.9. The number of thiophene rings is 1. The summed E-state index contributed by atoms with van der Waals surface area (Å²) in [6.07, 6.45) is -4.60. The molecule has 1 aromatic carbocycles. The Morgan fingerprint density at radius 3 is 2.41 bits per heavy atom. The highest BCUT2D eigenvalue weighted by Gasteiger charge is 2.36. The number of benzene rings is 1. The summed E-state index contributed by atoms with van der Waals surface area (Å²) in [5, 5.41) is 15.0. The van der Waals surface area contributed by atoms with Gasteiger partial charge in [0.05, 0.1) is 41.6 Å². The van der Waals surface area contributed by atoms with E-state index in [1.165, 1.54) is 47.2 Å². The number of rotatable bonds is 3. The van der Waals surface area contributed by atoms with Gasteiger partial charge in [-0.1, -0.05) is 0 Å². The first-order valence-electron chi connectivity index (χ1n) is 8.13. The molecule has 3 aromatic heterocycles. The molecule has 0 aliphatic carbocycles. The molecular formula is C18H10BrF3N4O2S. The topological polar surface area (TPSA) is 73.8 Å². The van der Waals surface area contributed by atoms with Crippen LogP contribution in [0.1, 0.15) is 11.3 Å². The van der Waals surface area contributed by atoms with Gasteiger partial charge < -0.3 is 0 Å². The van der Waals surface area contributed by atoms with Gasteiger partial charge in [0, 0.05) is 12.1 Å². The molecule has 0 aliphatic rings. The molecule has 0 aliphatic heterocycles. The number of non-ortho nitro benzene ring substituents is 1. The van der Waals surface area contributed by atoms with Crippen molar-refractivity contribution in [3.8, 4) is 16.3 Å². The van der Waals surface area contributed by atoms with Crippen LogP contribution in [-0.2, 0) is 6.18 Å². The van der Waals surface area contributed by atoms with Crippen LogP contribution < -0.4 is 0 Å². The highest BCUT2D eigenvalue weighted by molar-refractivity contribution is 9.11. The standard InChI is InChI=1S/C18H10BrF3N4O2S/c1-9-16-12(18(20,21)22)8-13(14-6-7-15(19)29-14)23-17(16)25(24-9)10-2-4-11(5-3-10)26(27)28/h2-8H,1H3. The van der Waals surface area contributed by atoms with E-state index in [0.29, 0.717) is 10.6 Å². The molecule has 6 nitrogen and oxygen atoms in total. The number of fused-ring (bicyclic) bond motifs is 1.